The summed E-state index contributed by atoms with van der Waals surface area (Å²) in [6, 6.07) is 3.17. The highest BCUT2D eigenvalue weighted by Gasteiger charge is 2.21. The second-order valence-electron chi connectivity index (χ2n) is 3.42. The van der Waals surface area contributed by atoms with Crippen LogP contribution in [-0.2, 0) is 10.0 Å². The standard InChI is InChI=1S/C9H8Cl2N2O2S3/c1-5(6-2-3-7(10)16-6)13-18(14,15)8-4-12-9(11)17-8/h2-5,13H,1H3. The third-order valence-corrected chi connectivity index (χ3v) is 6.60. The van der Waals surface area contributed by atoms with Crippen LogP contribution in [0.4, 0.5) is 0 Å². The second-order valence-corrected chi connectivity index (χ2v) is 8.72. The van der Waals surface area contributed by atoms with E-state index in [1.165, 1.54) is 17.5 Å². The fraction of sp³-hybridized carbons (Fsp3) is 0.222. The molecule has 1 atom stereocenters. The van der Waals surface area contributed by atoms with E-state index in [0.29, 0.717) is 4.34 Å². The molecule has 4 nitrogen and oxygen atoms in total. The van der Waals surface area contributed by atoms with Crippen LogP contribution in [0.1, 0.15) is 17.8 Å². The number of halogens is 2. The van der Waals surface area contributed by atoms with Gasteiger partial charge in [0.15, 0.2) is 8.68 Å². The van der Waals surface area contributed by atoms with Crippen molar-refractivity contribution in [3.05, 3.63) is 32.0 Å². The first-order valence-electron chi connectivity index (χ1n) is 4.77. The lowest BCUT2D eigenvalue weighted by Gasteiger charge is -2.10. The minimum Gasteiger partial charge on any atom is -0.232 e. The molecule has 0 aliphatic rings. The molecule has 0 fully saturated rings. The van der Waals surface area contributed by atoms with Crippen LogP contribution in [0.15, 0.2) is 22.5 Å². The lowest BCUT2D eigenvalue weighted by atomic mass is 10.3. The number of hydrogen-bond donors (Lipinski definition) is 1. The molecule has 0 aromatic carbocycles. The van der Waals surface area contributed by atoms with Crippen molar-refractivity contribution in [2.24, 2.45) is 0 Å². The molecule has 1 N–H and O–H groups in total. The summed E-state index contributed by atoms with van der Waals surface area (Å²) in [5, 5.41) is 0. The molecule has 0 saturated carbocycles. The fourth-order valence-electron chi connectivity index (χ4n) is 1.27. The first-order chi connectivity index (χ1) is 8.38. The maximum Gasteiger partial charge on any atom is 0.252 e. The van der Waals surface area contributed by atoms with Gasteiger partial charge in [-0.25, -0.2) is 18.1 Å². The summed E-state index contributed by atoms with van der Waals surface area (Å²) in [5.41, 5.74) is 0. The first kappa shape index (κ1) is 14.2. The van der Waals surface area contributed by atoms with Gasteiger partial charge in [0.25, 0.3) is 10.0 Å². The number of hydrogen-bond acceptors (Lipinski definition) is 5. The highest BCUT2D eigenvalue weighted by Crippen LogP contribution is 2.29. The number of rotatable bonds is 4. The van der Waals surface area contributed by atoms with Crippen LogP contribution >= 0.6 is 45.9 Å². The van der Waals surface area contributed by atoms with Gasteiger partial charge in [-0.3, -0.25) is 0 Å². The third-order valence-electron chi connectivity index (χ3n) is 2.07. The predicted molar refractivity (Wildman–Crippen MR) is 75.2 cm³/mol. The average molecular weight is 343 g/mol. The number of thiophene rings is 1. The van der Waals surface area contributed by atoms with E-state index in [-0.39, 0.29) is 14.7 Å². The highest BCUT2D eigenvalue weighted by atomic mass is 35.5. The molecular weight excluding hydrogens is 335 g/mol. The number of nitrogens with one attached hydrogen (secondary N) is 1. The van der Waals surface area contributed by atoms with E-state index in [1.54, 1.807) is 19.1 Å². The number of thiazole rings is 1. The zero-order chi connectivity index (χ0) is 13.3. The molecule has 98 valence electrons. The fourth-order valence-corrected chi connectivity index (χ4v) is 4.94. The minimum atomic E-state index is -3.59. The lowest BCUT2D eigenvalue weighted by molar-refractivity contribution is 0.570. The van der Waals surface area contributed by atoms with Crippen LogP contribution in [0.2, 0.25) is 8.80 Å². The van der Waals surface area contributed by atoms with Crippen LogP contribution in [-0.4, -0.2) is 13.4 Å². The van der Waals surface area contributed by atoms with E-state index in [4.69, 9.17) is 23.2 Å². The Kier molecular flexibility index (Phi) is 4.30. The van der Waals surface area contributed by atoms with Crippen LogP contribution in [0, 0.1) is 0 Å². The van der Waals surface area contributed by atoms with Crippen LogP contribution in [0.5, 0.6) is 0 Å². The summed E-state index contributed by atoms with van der Waals surface area (Å²) < 4.78 is 27.5. The predicted octanol–water partition coefficient (Wildman–Crippen LogP) is 3.55. The van der Waals surface area contributed by atoms with Gasteiger partial charge in [0, 0.05) is 4.88 Å². The Morgan fingerprint density at radius 1 is 1.33 bits per heavy atom. The molecule has 2 rings (SSSR count). The summed E-state index contributed by atoms with van der Waals surface area (Å²) in [6.45, 7) is 1.75. The molecule has 1 unspecified atom stereocenters. The van der Waals surface area contributed by atoms with Crippen molar-refractivity contribution >= 4 is 55.9 Å². The van der Waals surface area contributed by atoms with Gasteiger partial charge >= 0.3 is 0 Å². The van der Waals surface area contributed by atoms with Crippen molar-refractivity contribution in [1.29, 1.82) is 0 Å². The normalized spacial score (nSPS) is 13.7. The van der Waals surface area contributed by atoms with Crippen LogP contribution in [0.25, 0.3) is 0 Å². The van der Waals surface area contributed by atoms with E-state index in [1.807, 2.05) is 0 Å². The summed E-state index contributed by atoms with van der Waals surface area (Å²) in [4.78, 5) is 4.56. The maximum absolute atomic E-state index is 12.0. The topological polar surface area (TPSA) is 59.1 Å². The quantitative estimate of drug-likeness (QED) is 0.924. The lowest BCUT2D eigenvalue weighted by Crippen LogP contribution is -2.25. The van der Waals surface area contributed by atoms with E-state index < -0.39 is 10.0 Å². The van der Waals surface area contributed by atoms with Gasteiger partial charge in [-0.2, -0.15) is 0 Å². The maximum atomic E-state index is 12.0. The third kappa shape index (κ3) is 3.23. The van der Waals surface area contributed by atoms with Crippen LogP contribution in [0.3, 0.4) is 0 Å². The minimum absolute atomic E-state index is 0.0991. The molecule has 0 radical (unpaired) electrons. The molecule has 2 heterocycles. The first-order valence-corrected chi connectivity index (χ1v) is 8.64. The molecular formula is C9H8Cl2N2O2S3. The molecule has 0 saturated heterocycles. The molecule has 0 amide bonds. The highest BCUT2D eigenvalue weighted by molar-refractivity contribution is 7.91. The van der Waals surface area contributed by atoms with Gasteiger partial charge in [-0.05, 0) is 19.1 Å². The molecule has 9 heteroatoms. The van der Waals surface area contributed by atoms with Gasteiger partial charge in [0.2, 0.25) is 0 Å². The van der Waals surface area contributed by atoms with Gasteiger partial charge in [-0.1, -0.05) is 34.5 Å². The van der Waals surface area contributed by atoms with E-state index >= 15 is 0 Å². The zero-order valence-electron chi connectivity index (χ0n) is 9.05. The van der Waals surface area contributed by atoms with Gasteiger partial charge in [0.1, 0.15) is 0 Å². The second kappa shape index (κ2) is 5.44. The Bertz CT molecular complexity index is 650. The summed E-state index contributed by atoms with van der Waals surface area (Å²) in [6.07, 6.45) is 1.24. The van der Waals surface area contributed by atoms with Crippen LogP contribution < -0.4 is 4.72 Å². The van der Waals surface area contributed by atoms with Crippen molar-refractivity contribution in [2.45, 2.75) is 17.2 Å². The molecule has 0 aliphatic carbocycles. The van der Waals surface area contributed by atoms with E-state index in [2.05, 4.69) is 9.71 Å². The Morgan fingerprint density at radius 2 is 2.06 bits per heavy atom. The Morgan fingerprint density at radius 3 is 2.56 bits per heavy atom. The van der Waals surface area contributed by atoms with Gasteiger partial charge < -0.3 is 0 Å². The number of aromatic nitrogens is 1. The Hall–Kier alpha value is -0.180. The van der Waals surface area contributed by atoms with Crippen molar-refractivity contribution in [3.8, 4) is 0 Å². The number of sulfonamides is 1. The Balaban J connectivity index is 2.18. The molecule has 2 aromatic rings. The van der Waals surface area contributed by atoms with E-state index in [0.717, 1.165) is 16.2 Å². The average Bonchev–Trinajstić information content (AvgIpc) is 2.86. The van der Waals surface area contributed by atoms with Crippen molar-refractivity contribution in [1.82, 2.24) is 9.71 Å². The smallest absolute Gasteiger partial charge is 0.232 e. The monoisotopic (exact) mass is 342 g/mol. The zero-order valence-corrected chi connectivity index (χ0v) is 13.0. The van der Waals surface area contributed by atoms with E-state index in [9.17, 15) is 8.42 Å². The Labute approximate surface area is 123 Å². The molecule has 0 bridgehead atoms. The molecule has 2 aromatic heterocycles. The van der Waals surface area contributed by atoms with Crippen molar-refractivity contribution in [3.63, 3.8) is 0 Å². The van der Waals surface area contributed by atoms with Crippen molar-refractivity contribution in [2.75, 3.05) is 0 Å². The number of nitrogens with zero attached hydrogens (tertiary/aromatic N) is 1. The molecule has 18 heavy (non-hydrogen) atoms. The van der Waals surface area contributed by atoms with Gasteiger partial charge in [0.05, 0.1) is 16.6 Å². The van der Waals surface area contributed by atoms with Crippen molar-refractivity contribution < 1.29 is 8.42 Å². The summed E-state index contributed by atoms with van der Waals surface area (Å²) in [7, 11) is -3.59. The molecule has 0 spiro atoms. The van der Waals surface area contributed by atoms with Gasteiger partial charge in [-0.15, -0.1) is 11.3 Å². The largest absolute Gasteiger partial charge is 0.252 e. The SMILES string of the molecule is CC(NS(=O)(=O)c1cnc(Cl)s1)c1ccc(Cl)s1. The molecule has 0 aliphatic heterocycles. The summed E-state index contributed by atoms with van der Waals surface area (Å²) >= 11 is 13.7. The summed E-state index contributed by atoms with van der Waals surface area (Å²) in [5.74, 6) is 0.